The van der Waals surface area contributed by atoms with Gasteiger partial charge in [-0.05, 0) is 42.3 Å². The van der Waals surface area contributed by atoms with E-state index in [9.17, 15) is 4.39 Å². The second-order valence-electron chi connectivity index (χ2n) is 5.04. The lowest BCUT2D eigenvalue weighted by Crippen LogP contribution is -2.31. The molecular formula is C17H21FN2O. The number of nitrogens with two attached hydrogens (primary N) is 1. The van der Waals surface area contributed by atoms with Crippen molar-refractivity contribution in [1.82, 2.24) is 0 Å². The van der Waals surface area contributed by atoms with Crippen LogP contribution in [0.3, 0.4) is 0 Å². The molecule has 2 aromatic carbocycles. The van der Waals surface area contributed by atoms with Crippen molar-refractivity contribution in [3.63, 3.8) is 0 Å². The fraction of sp³-hybridized carbons (Fsp3) is 0.294. The van der Waals surface area contributed by atoms with Gasteiger partial charge in [0.25, 0.3) is 0 Å². The summed E-state index contributed by atoms with van der Waals surface area (Å²) in [6.45, 7) is 2.35. The highest BCUT2D eigenvalue weighted by atomic mass is 19.1. The van der Waals surface area contributed by atoms with Crippen LogP contribution in [0.4, 0.5) is 10.1 Å². The summed E-state index contributed by atoms with van der Waals surface area (Å²) >= 11 is 0. The van der Waals surface area contributed by atoms with Crippen molar-refractivity contribution in [2.75, 3.05) is 25.6 Å². The molecule has 0 radical (unpaired) electrons. The summed E-state index contributed by atoms with van der Waals surface area (Å²) in [5, 5.41) is 0. The highest BCUT2D eigenvalue weighted by Gasteiger charge is 2.20. The highest BCUT2D eigenvalue weighted by Crippen LogP contribution is 2.33. The van der Waals surface area contributed by atoms with E-state index in [1.807, 2.05) is 43.1 Å². The zero-order chi connectivity index (χ0) is 15.4. The van der Waals surface area contributed by atoms with E-state index in [0.717, 1.165) is 22.6 Å². The Kier molecular flexibility index (Phi) is 4.81. The summed E-state index contributed by atoms with van der Waals surface area (Å²) in [4.78, 5) is 2.03. The van der Waals surface area contributed by atoms with E-state index in [-0.39, 0.29) is 11.9 Å². The zero-order valence-electron chi connectivity index (χ0n) is 12.6. The van der Waals surface area contributed by atoms with Crippen LogP contribution in [-0.4, -0.2) is 20.7 Å². The molecule has 2 N–H and O–H groups in total. The molecule has 0 bridgehead atoms. The molecular weight excluding hydrogens is 267 g/mol. The SMILES string of the molecule is COc1ccccc1N(C)C(CN)c1cc(F)ccc1C. The van der Waals surface area contributed by atoms with Gasteiger partial charge in [-0.15, -0.1) is 0 Å². The molecule has 2 aromatic rings. The predicted molar refractivity (Wildman–Crippen MR) is 84.3 cm³/mol. The molecule has 0 aliphatic rings. The van der Waals surface area contributed by atoms with Crippen LogP contribution < -0.4 is 15.4 Å². The number of hydrogen-bond acceptors (Lipinski definition) is 3. The van der Waals surface area contributed by atoms with Crippen molar-refractivity contribution in [2.45, 2.75) is 13.0 Å². The lowest BCUT2D eigenvalue weighted by molar-refractivity contribution is 0.413. The average Bonchev–Trinajstić information content (AvgIpc) is 2.51. The minimum absolute atomic E-state index is 0.114. The topological polar surface area (TPSA) is 38.5 Å². The number of rotatable bonds is 5. The molecule has 21 heavy (non-hydrogen) atoms. The van der Waals surface area contributed by atoms with E-state index in [1.54, 1.807) is 19.2 Å². The van der Waals surface area contributed by atoms with Gasteiger partial charge in [0.2, 0.25) is 0 Å². The lowest BCUT2D eigenvalue weighted by atomic mass is 9.99. The molecule has 3 nitrogen and oxygen atoms in total. The molecule has 1 atom stereocenters. The first kappa shape index (κ1) is 15.3. The van der Waals surface area contributed by atoms with Gasteiger partial charge in [0, 0.05) is 13.6 Å². The van der Waals surface area contributed by atoms with Gasteiger partial charge in [-0.1, -0.05) is 18.2 Å². The van der Waals surface area contributed by atoms with Gasteiger partial charge >= 0.3 is 0 Å². The average molecular weight is 288 g/mol. The number of likely N-dealkylation sites (N-methyl/N-ethyl adjacent to an activating group) is 1. The number of benzene rings is 2. The van der Waals surface area contributed by atoms with Crippen LogP contribution in [0.1, 0.15) is 17.2 Å². The first-order chi connectivity index (χ1) is 10.1. The number of nitrogens with zero attached hydrogens (tertiary/aromatic N) is 1. The second-order valence-corrected chi connectivity index (χ2v) is 5.04. The smallest absolute Gasteiger partial charge is 0.142 e. The Morgan fingerprint density at radius 3 is 2.62 bits per heavy atom. The van der Waals surface area contributed by atoms with Crippen molar-refractivity contribution in [3.8, 4) is 5.75 Å². The number of methoxy groups -OCH3 is 1. The minimum Gasteiger partial charge on any atom is -0.495 e. The number of ether oxygens (including phenoxy) is 1. The molecule has 112 valence electrons. The molecule has 0 fully saturated rings. The third-order valence-corrected chi connectivity index (χ3v) is 3.76. The fourth-order valence-corrected chi connectivity index (χ4v) is 2.55. The maximum Gasteiger partial charge on any atom is 0.142 e. The van der Waals surface area contributed by atoms with Crippen molar-refractivity contribution in [1.29, 1.82) is 0 Å². The van der Waals surface area contributed by atoms with Gasteiger partial charge in [0.1, 0.15) is 11.6 Å². The third kappa shape index (κ3) is 3.16. The van der Waals surface area contributed by atoms with E-state index < -0.39 is 0 Å². The number of hydrogen-bond donors (Lipinski definition) is 1. The van der Waals surface area contributed by atoms with Crippen molar-refractivity contribution in [2.24, 2.45) is 5.73 Å². The van der Waals surface area contributed by atoms with Gasteiger partial charge in [-0.2, -0.15) is 0 Å². The van der Waals surface area contributed by atoms with Crippen molar-refractivity contribution < 1.29 is 9.13 Å². The third-order valence-electron chi connectivity index (χ3n) is 3.76. The van der Waals surface area contributed by atoms with Gasteiger partial charge in [0.15, 0.2) is 0 Å². The summed E-state index contributed by atoms with van der Waals surface area (Å²) in [5.41, 5.74) is 8.79. The Morgan fingerprint density at radius 1 is 1.24 bits per heavy atom. The first-order valence-corrected chi connectivity index (χ1v) is 6.90. The van der Waals surface area contributed by atoms with Gasteiger partial charge in [0.05, 0.1) is 18.8 Å². The monoisotopic (exact) mass is 288 g/mol. The molecule has 0 heterocycles. The normalized spacial score (nSPS) is 12.0. The molecule has 0 aliphatic heterocycles. The molecule has 4 heteroatoms. The quantitative estimate of drug-likeness (QED) is 0.917. The van der Waals surface area contributed by atoms with E-state index >= 15 is 0 Å². The largest absolute Gasteiger partial charge is 0.495 e. The molecule has 1 unspecified atom stereocenters. The van der Waals surface area contributed by atoms with Crippen molar-refractivity contribution >= 4 is 5.69 Å². The van der Waals surface area contributed by atoms with Crippen LogP contribution in [0.5, 0.6) is 5.75 Å². The van der Waals surface area contributed by atoms with E-state index in [4.69, 9.17) is 10.5 Å². The lowest BCUT2D eigenvalue weighted by Gasteiger charge is -2.31. The molecule has 0 saturated heterocycles. The van der Waals surface area contributed by atoms with Crippen LogP contribution in [0.15, 0.2) is 42.5 Å². The Bertz CT molecular complexity index is 615. The summed E-state index contributed by atoms with van der Waals surface area (Å²) in [5.74, 6) is 0.523. The van der Waals surface area contributed by atoms with Crippen LogP contribution >= 0.6 is 0 Å². The van der Waals surface area contributed by atoms with E-state index in [2.05, 4.69) is 0 Å². The molecule has 0 amide bonds. The van der Waals surface area contributed by atoms with Crippen LogP contribution in [0.2, 0.25) is 0 Å². The van der Waals surface area contributed by atoms with E-state index in [1.165, 1.54) is 6.07 Å². The molecule has 2 rings (SSSR count). The number of halogens is 1. The van der Waals surface area contributed by atoms with Crippen molar-refractivity contribution in [3.05, 3.63) is 59.4 Å². The molecule has 0 aliphatic carbocycles. The maximum absolute atomic E-state index is 13.6. The molecule has 0 saturated carbocycles. The number of para-hydroxylation sites is 2. The summed E-state index contributed by atoms with van der Waals surface area (Å²) in [6.07, 6.45) is 0. The van der Waals surface area contributed by atoms with Crippen LogP contribution in [0, 0.1) is 12.7 Å². The Morgan fingerprint density at radius 2 is 1.95 bits per heavy atom. The van der Waals surface area contributed by atoms with Crippen LogP contribution in [-0.2, 0) is 0 Å². The van der Waals surface area contributed by atoms with Gasteiger partial charge < -0.3 is 15.4 Å². The number of anilines is 1. The maximum atomic E-state index is 13.6. The Labute approximate surface area is 125 Å². The minimum atomic E-state index is -0.248. The highest BCUT2D eigenvalue weighted by molar-refractivity contribution is 5.59. The molecule has 0 spiro atoms. The van der Waals surface area contributed by atoms with Crippen LogP contribution in [0.25, 0.3) is 0 Å². The Balaban J connectivity index is 2.43. The summed E-state index contributed by atoms with van der Waals surface area (Å²) in [6, 6.07) is 12.4. The molecule has 0 aromatic heterocycles. The second kappa shape index (κ2) is 6.59. The van der Waals surface area contributed by atoms with E-state index in [0.29, 0.717) is 6.54 Å². The standard InChI is InChI=1S/C17H21FN2O/c1-12-8-9-13(18)10-14(12)16(11-19)20(2)15-6-4-5-7-17(15)21-3/h4-10,16H,11,19H2,1-3H3. The fourth-order valence-electron chi connectivity index (χ4n) is 2.55. The Hall–Kier alpha value is -2.07. The zero-order valence-corrected chi connectivity index (χ0v) is 12.6. The van der Waals surface area contributed by atoms with Gasteiger partial charge in [-0.25, -0.2) is 4.39 Å². The predicted octanol–water partition coefficient (Wildman–Crippen LogP) is 3.28. The van der Waals surface area contributed by atoms with Gasteiger partial charge in [-0.3, -0.25) is 0 Å². The summed E-state index contributed by atoms with van der Waals surface area (Å²) < 4.78 is 19.0. The number of aryl methyl sites for hydroxylation is 1. The first-order valence-electron chi connectivity index (χ1n) is 6.90. The summed E-state index contributed by atoms with van der Waals surface area (Å²) in [7, 11) is 3.58.